The van der Waals surface area contributed by atoms with Gasteiger partial charge in [0.15, 0.2) is 0 Å². The molecular formula is C15H14ClN3O. The van der Waals surface area contributed by atoms with Crippen LogP contribution in [0.4, 0.5) is 0 Å². The molecule has 2 heterocycles. The van der Waals surface area contributed by atoms with Crippen LogP contribution in [0, 0.1) is 0 Å². The topological polar surface area (TPSA) is 38.1 Å². The van der Waals surface area contributed by atoms with Crippen LogP contribution in [0.25, 0.3) is 6.08 Å². The van der Waals surface area contributed by atoms with Crippen molar-refractivity contribution in [3.05, 3.63) is 58.9 Å². The van der Waals surface area contributed by atoms with Gasteiger partial charge in [-0.2, -0.15) is 5.10 Å². The summed E-state index contributed by atoms with van der Waals surface area (Å²) in [5, 5.41) is 4.85. The molecule has 0 N–H and O–H groups in total. The van der Waals surface area contributed by atoms with Crippen LogP contribution in [0.2, 0.25) is 5.02 Å². The molecule has 1 aliphatic rings. The number of halogens is 1. The summed E-state index contributed by atoms with van der Waals surface area (Å²) in [7, 11) is 0. The van der Waals surface area contributed by atoms with Gasteiger partial charge in [-0.05, 0) is 23.8 Å². The second kappa shape index (κ2) is 5.51. The van der Waals surface area contributed by atoms with Gasteiger partial charge in [0.2, 0.25) is 5.91 Å². The van der Waals surface area contributed by atoms with Gasteiger partial charge in [-0.15, -0.1) is 0 Å². The van der Waals surface area contributed by atoms with Crippen molar-refractivity contribution in [2.45, 2.75) is 13.1 Å². The van der Waals surface area contributed by atoms with Crippen molar-refractivity contribution >= 4 is 23.6 Å². The lowest BCUT2D eigenvalue weighted by Gasteiger charge is -2.26. The molecule has 0 aliphatic carbocycles. The summed E-state index contributed by atoms with van der Waals surface area (Å²) in [6, 6.07) is 9.41. The standard InChI is InChI=1S/C15H14ClN3O/c16-14-4-2-1-3-12(14)5-6-15(20)18-9-10-19-13(11-18)7-8-17-19/h1-8H,9-11H2. The Bertz CT molecular complexity index is 663. The van der Waals surface area contributed by atoms with Gasteiger partial charge < -0.3 is 4.90 Å². The van der Waals surface area contributed by atoms with E-state index in [9.17, 15) is 4.79 Å². The van der Waals surface area contributed by atoms with Gasteiger partial charge >= 0.3 is 0 Å². The van der Waals surface area contributed by atoms with E-state index in [0.717, 1.165) is 17.8 Å². The van der Waals surface area contributed by atoms with Crippen molar-refractivity contribution in [3.63, 3.8) is 0 Å². The van der Waals surface area contributed by atoms with Crippen LogP contribution in [-0.4, -0.2) is 27.1 Å². The number of amides is 1. The fourth-order valence-electron chi connectivity index (χ4n) is 2.25. The fraction of sp³-hybridized carbons (Fsp3) is 0.200. The largest absolute Gasteiger partial charge is 0.331 e. The number of benzene rings is 1. The maximum atomic E-state index is 12.2. The van der Waals surface area contributed by atoms with Gasteiger partial charge in [-0.1, -0.05) is 29.8 Å². The molecule has 3 rings (SSSR count). The SMILES string of the molecule is O=C(C=Cc1ccccc1Cl)N1CCn2nccc2C1. The highest BCUT2D eigenvalue weighted by atomic mass is 35.5. The van der Waals surface area contributed by atoms with Crippen LogP contribution >= 0.6 is 11.6 Å². The second-order valence-corrected chi connectivity index (χ2v) is 5.07. The molecule has 2 aromatic rings. The Kier molecular flexibility index (Phi) is 3.56. The zero-order valence-corrected chi connectivity index (χ0v) is 11.6. The van der Waals surface area contributed by atoms with Gasteiger partial charge in [0, 0.05) is 23.8 Å². The number of aromatic nitrogens is 2. The van der Waals surface area contributed by atoms with E-state index in [0.29, 0.717) is 18.1 Å². The molecule has 0 radical (unpaired) electrons. The molecule has 20 heavy (non-hydrogen) atoms. The molecule has 102 valence electrons. The molecule has 1 aromatic heterocycles. The van der Waals surface area contributed by atoms with Crippen molar-refractivity contribution in [3.8, 4) is 0 Å². The molecule has 1 amide bonds. The van der Waals surface area contributed by atoms with E-state index in [1.165, 1.54) is 0 Å². The van der Waals surface area contributed by atoms with E-state index in [1.54, 1.807) is 18.3 Å². The van der Waals surface area contributed by atoms with Gasteiger partial charge in [0.1, 0.15) is 0 Å². The Balaban J connectivity index is 1.70. The second-order valence-electron chi connectivity index (χ2n) is 4.66. The van der Waals surface area contributed by atoms with E-state index in [4.69, 9.17) is 11.6 Å². The number of carbonyl (C=O) groups excluding carboxylic acids is 1. The van der Waals surface area contributed by atoms with Crippen molar-refractivity contribution in [1.82, 2.24) is 14.7 Å². The van der Waals surface area contributed by atoms with Crippen LogP contribution in [0.1, 0.15) is 11.3 Å². The maximum Gasteiger partial charge on any atom is 0.246 e. The third-order valence-electron chi connectivity index (χ3n) is 3.36. The lowest BCUT2D eigenvalue weighted by molar-refractivity contribution is -0.127. The Morgan fingerprint density at radius 2 is 2.10 bits per heavy atom. The average Bonchev–Trinajstić information content (AvgIpc) is 2.93. The van der Waals surface area contributed by atoms with E-state index < -0.39 is 0 Å². The summed E-state index contributed by atoms with van der Waals surface area (Å²) in [6.45, 7) is 2.03. The highest BCUT2D eigenvalue weighted by molar-refractivity contribution is 6.32. The molecule has 0 atom stereocenters. The lowest BCUT2D eigenvalue weighted by atomic mass is 10.2. The minimum atomic E-state index is -0.00244. The summed E-state index contributed by atoms with van der Waals surface area (Å²) < 4.78 is 1.93. The highest BCUT2D eigenvalue weighted by Gasteiger charge is 2.18. The van der Waals surface area contributed by atoms with Gasteiger partial charge in [0.25, 0.3) is 0 Å². The van der Waals surface area contributed by atoms with Gasteiger partial charge in [-0.25, -0.2) is 0 Å². The minimum Gasteiger partial charge on any atom is -0.331 e. The summed E-state index contributed by atoms with van der Waals surface area (Å²) in [4.78, 5) is 14.0. The molecule has 5 heteroatoms. The smallest absolute Gasteiger partial charge is 0.246 e. The first-order valence-corrected chi connectivity index (χ1v) is 6.84. The molecule has 1 aliphatic heterocycles. The van der Waals surface area contributed by atoms with Gasteiger partial charge in [0.05, 0.1) is 18.8 Å². The number of rotatable bonds is 2. The Morgan fingerprint density at radius 3 is 2.95 bits per heavy atom. The molecule has 0 saturated heterocycles. The van der Waals surface area contributed by atoms with E-state index in [2.05, 4.69) is 5.10 Å². The number of hydrogen-bond donors (Lipinski definition) is 0. The fourth-order valence-corrected chi connectivity index (χ4v) is 2.45. The number of hydrogen-bond acceptors (Lipinski definition) is 2. The predicted molar refractivity (Wildman–Crippen MR) is 78.1 cm³/mol. The Hall–Kier alpha value is -2.07. The molecule has 0 fully saturated rings. The summed E-state index contributed by atoms with van der Waals surface area (Å²) >= 11 is 6.06. The van der Waals surface area contributed by atoms with Crippen molar-refractivity contribution in [1.29, 1.82) is 0 Å². The van der Waals surface area contributed by atoms with Crippen LogP contribution in [0.5, 0.6) is 0 Å². The molecule has 0 spiro atoms. The summed E-state index contributed by atoms with van der Waals surface area (Å²) in [5.41, 5.74) is 1.92. The van der Waals surface area contributed by atoms with Crippen molar-refractivity contribution in [2.75, 3.05) is 6.54 Å². The number of carbonyl (C=O) groups is 1. The first-order valence-electron chi connectivity index (χ1n) is 6.46. The van der Waals surface area contributed by atoms with E-state index in [1.807, 2.05) is 39.9 Å². The third-order valence-corrected chi connectivity index (χ3v) is 3.71. The quantitative estimate of drug-likeness (QED) is 0.796. The minimum absolute atomic E-state index is 0.00244. The monoisotopic (exact) mass is 287 g/mol. The maximum absolute atomic E-state index is 12.2. The highest BCUT2D eigenvalue weighted by Crippen LogP contribution is 2.17. The molecule has 4 nitrogen and oxygen atoms in total. The van der Waals surface area contributed by atoms with Crippen LogP contribution in [-0.2, 0) is 17.9 Å². The van der Waals surface area contributed by atoms with Gasteiger partial charge in [-0.3, -0.25) is 9.48 Å². The Labute approximate surface area is 122 Å². The summed E-state index contributed by atoms with van der Waals surface area (Å²) in [5.74, 6) is -0.00244. The number of nitrogens with zero attached hydrogens (tertiary/aromatic N) is 3. The Morgan fingerprint density at radius 1 is 1.25 bits per heavy atom. The first-order chi connectivity index (χ1) is 9.74. The van der Waals surface area contributed by atoms with E-state index >= 15 is 0 Å². The zero-order chi connectivity index (χ0) is 13.9. The molecule has 1 aromatic carbocycles. The molecule has 0 bridgehead atoms. The van der Waals surface area contributed by atoms with Crippen molar-refractivity contribution < 1.29 is 4.79 Å². The first kappa shape index (κ1) is 12.9. The summed E-state index contributed by atoms with van der Waals surface area (Å²) in [6.07, 6.45) is 5.10. The average molecular weight is 288 g/mol. The number of fused-ring (bicyclic) bond motifs is 1. The predicted octanol–water partition coefficient (Wildman–Crippen LogP) is 2.59. The molecule has 0 saturated carbocycles. The van der Waals surface area contributed by atoms with Crippen LogP contribution in [0.15, 0.2) is 42.6 Å². The van der Waals surface area contributed by atoms with E-state index in [-0.39, 0.29) is 5.91 Å². The van der Waals surface area contributed by atoms with Crippen LogP contribution in [0.3, 0.4) is 0 Å². The molecule has 0 unspecified atom stereocenters. The van der Waals surface area contributed by atoms with Crippen molar-refractivity contribution in [2.24, 2.45) is 0 Å². The zero-order valence-electron chi connectivity index (χ0n) is 10.9. The lowest BCUT2D eigenvalue weighted by Crippen LogP contribution is -2.37. The normalized spacial score (nSPS) is 14.6. The third kappa shape index (κ3) is 2.60. The molecular weight excluding hydrogens is 274 g/mol. The van der Waals surface area contributed by atoms with Crippen LogP contribution < -0.4 is 0 Å².